The summed E-state index contributed by atoms with van der Waals surface area (Å²) in [6, 6.07) is 4.30. The zero-order chi connectivity index (χ0) is 13.1. The predicted octanol–water partition coefficient (Wildman–Crippen LogP) is 1.48. The van der Waals surface area contributed by atoms with Crippen LogP contribution in [0.3, 0.4) is 0 Å². The molecular formula is C13H19N5. The number of rotatable bonds is 4. The molecule has 0 radical (unpaired) electrons. The summed E-state index contributed by atoms with van der Waals surface area (Å²) < 4.78 is 1.83. The van der Waals surface area contributed by atoms with Gasteiger partial charge in [-0.25, -0.2) is 0 Å². The number of hydrogen-bond acceptors (Lipinski definition) is 4. The van der Waals surface area contributed by atoms with Gasteiger partial charge >= 0.3 is 0 Å². The van der Waals surface area contributed by atoms with Crippen LogP contribution in [0.2, 0.25) is 0 Å². The molecule has 1 heterocycles. The molecule has 5 nitrogen and oxygen atoms in total. The van der Waals surface area contributed by atoms with Crippen molar-refractivity contribution in [1.82, 2.24) is 20.2 Å². The third kappa shape index (κ3) is 2.41. The Kier molecular flexibility index (Phi) is 3.72. The first-order chi connectivity index (χ1) is 8.63. The van der Waals surface area contributed by atoms with E-state index in [1.54, 1.807) is 0 Å². The number of benzene rings is 1. The Labute approximate surface area is 107 Å². The van der Waals surface area contributed by atoms with E-state index in [2.05, 4.69) is 48.4 Å². The molecular weight excluding hydrogens is 226 g/mol. The normalized spacial score (nSPS) is 10.9. The Balaban J connectivity index is 2.46. The summed E-state index contributed by atoms with van der Waals surface area (Å²) in [6.45, 7) is 6.92. The van der Waals surface area contributed by atoms with Crippen molar-refractivity contribution in [2.24, 2.45) is 5.73 Å². The van der Waals surface area contributed by atoms with E-state index in [-0.39, 0.29) is 0 Å². The van der Waals surface area contributed by atoms with Crippen LogP contribution < -0.4 is 5.73 Å². The lowest BCUT2D eigenvalue weighted by atomic mass is 10.1. The van der Waals surface area contributed by atoms with E-state index in [4.69, 9.17) is 5.73 Å². The molecule has 96 valence electrons. The molecule has 0 unspecified atom stereocenters. The molecule has 0 amide bonds. The molecule has 2 rings (SSSR count). The summed E-state index contributed by atoms with van der Waals surface area (Å²) in [7, 11) is 0. The monoisotopic (exact) mass is 245 g/mol. The van der Waals surface area contributed by atoms with Gasteiger partial charge in [-0.3, -0.25) is 0 Å². The molecule has 0 bridgehead atoms. The largest absolute Gasteiger partial charge is 0.330 e. The molecule has 0 fully saturated rings. The van der Waals surface area contributed by atoms with E-state index in [1.165, 1.54) is 16.7 Å². The van der Waals surface area contributed by atoms with Crippen molar-refractivity contribution in [3.8, 4) is 5.69 Å². The van der Waals surface area contributed by atoms with Crippen molar-refractivity contribution < 1.29 is 0 Å². The maximum atomic E-state index is 5.54. The topological polar surface area (TPSA) is 69.6 Å². The highest BCUT2D eigenvalue weighted by atomic mass is 15.5. The van der Waals surface area contributed by atoms with Gasteiger partial charge in [-0.2, -0.15) is 4.68 Å². The Morgan fingerprint density at radius 2 is 1.83 bits per heavy atom. The minimum atomic E-state index is 0.652. The number of nitrogens with zero attached hydrogens (tertiary/aromatic N) is 4. The van der Waals surface area contributed by atoms with E-state index >= 15 is 0 Å². The summed E-state index contributed by atoms with van der Waals surface area (Å²) in [5, 5.41) is 12.0. The zero-order valence-corrected chi connectivity index (χ0v) is 11.1. The molecule has 0 aliphatic heterocycles. The molecule has 0 aliphatic carbocycles. The standard InChI is InChI=1S/C13H19N5/c1-9-7-10(2)13(11(3)8-9)18-12(5-4-6-14)15-16-17-18/h7-8H,4-6,14H2,1-3H3. The second-order valence-corrected chi connectivity index (χ2v) is 4.65. The SMILES string of the molecule is Cc1cc(C)c(-n2nnnc2CCCN)c(C)c1. The maximum Gasteiger partial charge on any atom is 0.156 e. The lowest BCUT2D eigenvalue weighted by molar-refractivity contribution is 0.721. The van der Waals surface area contributed by atoms with Crippen molar-refractivity contribution >= 4 is 0 Å². The Morgan fingerprint density at radius 1 is 1.17 bits per heavy atom. The van der Waals surface area contributed by atoms with Gasteiger partial charge in [0.15, 0.2) is 5.82 Å². The van der Waals surface area contributed by atoms with Gasteiger partial charge in [-0.15, -0.1) is 5.10 Å². The number of aryl methyl sites for hydroxylation is 4. The molecule has 0 saturated heterocycles. The van der Waals surface area contributed by atoms with Crippen molar-refractivity contribution in [2.75, 3.05) is 6.54 Å². The van der Waals surface area contributed by atoms with Crippen LogP contribution in [0.5, 0.6) is 0 Å². The molecule has 5 heteroatoms. The Hall–Kier alpha value is -1.75. The molecule has 1 aromatic carbocycles. The minimum Gasteiger partial charge on any atom is -0.330 e. The molecule has 0 spiro atoms. The minimum absolute atomic E-state index is 0.652. The molecule has 0 atom stereocenters. The lowest BCUT2D eigenvalue weighted by Gasteiger charge is -2.12. The highest BCUT2D eigenvalue weighted by Gasteiger charge is 2.12. The maximum absolute atomic E-state index is 5.54. The lowest BCUT2D eigenvalue weighted by Crippen LogP contribution is -2.09. The van der Waals surface area contributed by atoms with Gasteiger partial charge in [0.25, 0.3) is 0 Å². The van der Waals surface area contributed by atoms with E-state index in [0.29, 0.717) is 6.54 Å². The van der Waals surface area contributed by atoms with Crippen LogP contribution in [0.4, 0.5) is 0 Å². The number of hydrogen-bond donors (Lipinski definition) is 1. The smallest absolute Gasteiger partial charge is 0.156 e. The van der Waals surface area contributed by atoms with Crippen LogP contribution >= 0.6 is 0 Å². The van der Waals surface area contributed by atoms with Crippen LogP contribution in [-0.2, 0) is 6.42 Å². The Morgan fingerprint density at radius 3 is 2.44 bits per heavy atom. The summed E-state index contributed by atoms with van der Waals surface area (Å²) in [5.41, 5.74) is 10.2. The zero-order valence-electron chi connectivity index (χ0n) is 11.1. The van der Waals surface area contributed by atoms with Crippen LogP contribution in [0, 0.1) is 20.8 Å². The van der Waals surface area contributed by atoms with Gasteiger partial charge in [-0.1, -0.05) is 17.7 Å². The van der Waals surface area contributed by atoms with Gasteiger partial charge in [0.2, 0.25) is 0 Å². The van der Waals surface area contributed by atoms with Crippen LogP contribution in [-0.4, -0.2) is 26.8 Å². The molecule has 1 aromatic heterocycles. The fourth-order valence-corrected chi connectivity index (χ4v) is 2.30. The van der Waals surface area contributed by atoms with E-state index in [9.17, 15) is 0 Å². The third-order valence-corrected chi connectivity index (χ3v) is 2.99. The van der Waals surface area contributed by atoms with Crippen LogP contribution in [0.25, 0.3) is 5.69 Å². The number of nitrogens with two attached hydrogens (primary N) is 1. The van der Waals surface area contributed by atoms with Gasteiger partial charge < -0.3 is 5.73 Å². The van der Waals surface area contributed by atoms with Crippen molar-refractivity contribution in [3.63, 3.8) is 0 Å². The van der Waals surface area contributed by atoms with E-state index in [0.717, 1.165) is 24.4 Å². The van der Waals surface area contributed by atoms with Crippen LogP contribution in [0.1, 0.15) is 28.9 Å². The molecule has 2 aromatic rings. The van der Waals surface area contributed by atoms with E-state index in [1.807, 2.05) is 4.68 Å². The first-order valence-electron chi connectivity index (χ1n) is 6.19. The quantitative estimate of drug-likeness (QED) is 0.885. The summed E-state index contributed by atoms with van der Waals surface area (Å²) in [6.07, 6.45) is 1.70. The molecule has 0 aliphatic rings. The van der Waals surface area contributed by atoms with Gasteiger partial charge in [-0.05, 0) is 55.3 Å². The number of aromatic nitrogens is 4. The second-order valence-electron chi connectivity index (χ2n) is 4.65. The van der Waals surface area contributed by atoms with Crippen molar-refractivity contribution in [3.05, 3.63) is 34.6 Å². The van der Waals surface area contributed by atoms with Gasteiger partial charge in [0.1, 0.15) is 0 Å². The van der Waals surface area contributed by atoms with Crippen LogP contribution in [0.15, 0.2) is 12.1 Å². The van der Waals surface area contributed by atoms with Gasteiger partial charge in [0, 0.05) is 6.42 Å². The predicted molar refractivity (Wildman–Crippen MR) is 70.7 cm³/mol. The molecule has 18 heavy (non-hydrogen) atoms. The Bertz CT molecular complexity index is 521. The fourth-order valence-electron chi connectivity index (χ4n) is 2.30. The average Bonchev–Trinajstić information content (AvgIpc) is 2.73. The first-order valence-corrected chi connectivity index (χ1v) is 6.19. The highest BCUT2D eigenvalue weighted by Crippen LogP contribution is 2.21. The van der Waals surface area contributed by atoms with Crippen molar-refractivity contribution in [1.29, 1.82) is 0 Å². The second kappa shape index (κ2) is 5.27. The first kappa shape index (κ1) is 12.7. The summed E-state index contributed by atoms with van der Waals surface area (Å²) >= 11 is 0. The summed E-state index contributed by atoms with van der Waals surface area (Å²) in [5.74, 6) is 0.871. The fraction of sp³-hybridized carbons (Fsp3) is 0.462. The highest BCUT2D eigenvalue weighted by molar-refractivity contribution is 5.48. The van der Waals surface area contributed by atoms with Gasteiger partial charge in [0.05, 0.1) is 5.69 Å². The third-order valence-electron chi connectivity index (χ3n) is 2.99. The average molecular weight is 245 g/mol. The number of tetrazole rings is 1. The summed E-state index contributed by atoms with van der Waals surface area (Å²) in [4.78, 5) is 0. The van der Waals surface area contributed by atoms with E-state index < -0.39 is 0 Å². The van der Waals surface area contributed by atoms with Crippen molar-refractivity contribution in [2.45, 2.75) is 33.6 Å². The molecule has 0 saturated carbocycles. The molecule has 2 N–H and O–H groups in total.